The fourth-order valence-corrected chi connectivity index (χ4v) is 6.11. The van der Waals surface area contributed by atoms with E-state index in [9.17, 15) is 19.5 Å². The molecule has 2 aromatic heterocycles. The predicted octanol–water partition coefficient (Wildman–Crippen LogP) is 0.972. The highest BCUT2D eigenvalue weighted by molar-refractivity contribution is 8.03. The van der Waals surface area contributed by atoms with Crippen LogP contribution < -0.4 is 11.1 Å². The Morgan fingerprint density at radius 3 is 2.94 bits per heavy atom. The van der Waals surface area contributed by atoms with E-state index >= 15 is 0 Å². The fraction of sp³-hybridized carbons (Fsp3) is 0.235. The highest BCUT2D eigenvalue weighted by Crippen LogP contribution is 2.41. The van der Waals surface area contributed by atoms with Gasteiger partial charge in [0, 0.05) is 11.1 Å². The number of aromatic nitrogens is 3. The largest absolute Gasteiger partial charge is 0.477 e. The Morgan fingerprint density at radius 2 is 2.30 bits per heavy atom. The summed E-state index contributed by atoms with van der Waals surface area (Å²) in [6.45, 7) is 0. The molecule has 2 atom stereocenters. The van der Waals surface area contributed by atoms with Gasteiger partial charge in [-0.05, 0) is 28.6 Å². The number of fused-ring (bicyclic) bond motifs is 1. The molecule has 0 spiro atoms. The summed E-state index contributed by atoms with van der Waals surface area (Å²) in [5.74, 6) is -2.08. The number of thiazole rings is 1. The summed E-state index contributed by atoms with van der Waals surface area (Å²) in [6, 6.07) is -0.918. The number of nitrogens with two attached hydrogens (primary N) is 1. The van der Waals surface area contributed by atoms with E-state index in [-0.39, 0.29) is 22.2 Å². The number of carboxylic acids is 1. The van der Waals surface area contributed by atoms with Gasteiger partial charge in [-0.15, -0.1) is 28.2 Å². The number of amides is 2. The number of carbonyl (C=O) groups excluding carboxylic acids is 2. The molecule has 1 fully saturated rings. The minimum Gasteiger partial charge on any atom is -0.477 e. The smallest absolute Gasteiger partial charge is 0.352 e. The number of anilines is 1. The third-order valence-electron chi connectivity index (χ3n) is 4.44. The van der Waals surface area contributed by atoms with Gasteiger partial charge in [0.05, 0.1) is 6.20 Å². The fourth-order valence-electron chi connectivity index (χ4n) is 3.07. The predicted molar refractivity (Wildman–Crippen MR) is 125 cm³/mol. The van der Waals surface area contributed by atoms with Crippen LogP contribution in [0.1, 0.15) is 5.69 Å². The van der Waals surface area contributed by atoms with E-state index in [1.807, 2.05) is 0 Å². The lowest BCUT2D eigenvalue weighted by molar-refractivity contribution is -0.150. The van der Waals surface area contributed by atoms with Crippen LogP contribution in [0.3, 0.4) is 0 Å². The van der Waals surface area contributed by atoms with Crippen molar-refractivity contribution in [3.8, 4) is 0 Å². The number of rotatable bonds is 8. The molecule has 0 aliphatic carbocycles. The van der Waals surface area contributed by atoms with Crippen molar-refractivity contribution >= 4 is 75.0 Å². The van der Waals surface area contributed by atoms with E-state index in [0.717, 1.165) is 15.5 Å². The second-order valence-corrected chi connectivity index (χ2v) is 10.4. The normalized spacial score (nSPS) is 20.6. The number of carbonyl (C=O) groups is 3. The van der Waals surface area contributed by atoms with Crippen LogP contribution in [0.15, 0.2) is 43.7 Å². The van der Waals surface area contributed by atoms with Gasteiger partial charge in [0.1, 0.15) is 34.1 Å². The topological polar surface area (TPSA) is 173 Å². The van der Waals surface area contributed by atoms with E-state index < -0.39 is 29.2 Å². The van der Waals surface area contributed by atoms with Gasteiger partial charge >= 0.3 is 5.97 Å². The maximum absolute atomic E-state index is 12.8. The summed E-state index contributed by atoms with van der Waals surface area (Å²) in [5.41, 5.74) is 6.09. The molecule has 4 N–H and O–H groups in total. The molecule has 2 amide bonds. The lowest BCUT2D eigenvalue weighted by Gasteiger charge is -2.49. The summed E-state index contributed by atoms with van der Waals surface area (Å²) in [6.07, 6.45) is 3.26. The van der Waals surface area contributed by atoms with Crippen molar-refractivity contribution in [1.29, 1.82) is 0 Å². The zero-order valence-corrected chi connectivity index (χ0v) is 20.0. The maximum atomic E-state index is 12.8. The lowest BCUT2D eigenvalue weighted by atomic mass is 10.0. The number of hydrogen-bond acceptors (Lipinski definition) is 13. The molecule has 0 radical (unpaired) electrons. The molecule has 16 heteroatoms. The van der Waals surface area contributed by atoms with Crippen LogP contribution in [0.5, 0.6) is 0 Å². The quantitative estimate of drug-likeness (QED) is 0.194. The van der Waals surface area contributed by atoms with Crippen LogP contribution in [0, 0.1) is 0 Å². The van der Waals surface area contributed by atoms with Gasteiger partial charge in [0.2, 0.25) is 0 Å². The monoisotopic (exact) mass is 525 g/mol. The minimum absolute atomic E-state index is 0.105. The molecule has 1 saturated heterocycles. The number of thioether (sulfide) groups is 2. The third kappa shape index (κ3) is 4.73. The van der Waals surface area contributed by atoms with E-state index in [1.54, 1.807) is 23.1 Å². The molecule has 2 aromatic rings. The number of hydrogen-bond donors (Lipinski definition) is 3. The molecule has 172 valence electrons. The van der Waals surface area contributed by atoms with Crippen LogP contribution in [0.4, 0.5) is 5.13 Å². The van der Waals surface area contributed by atoms with Crippen molar-refractivity contribution in [1.82, 2.24) is 24.8 Å². The molecule has 33 heavy (non-hydrogen) atoms. The summed E-state index contributed by atoms with van der Waals surface area (Å²) in [4.78, 5) is 47.5. The molecule has 0 aromatic carbocycles. The highest BCUT2D eigenvalue weighted by atomic mass is 32.2. The molecular weight excluding hydrogens is 510 g/mol. The second kappa shape index (κ2) is 9.90. The molecule has 4 heterocycles. The summed E-state index contributed by atoms with van der Waals surface area (Å²) in [5, 5.41) is 22.7. The van der Waals surface area contributed by atoms with Crippen molar-refractivity contribution in [2.75, 3.05) is 18.6 Å². The number of nitrogen functional groups attached to an aromatic ring is 1. The van der Waals surface area contributed by atoms with Gasteiger partial charge in [-0.1, -0.05) is 21.4 Å². The molecular formula is C17H15N7O5S4. The second-order valence-electron chi connectivity index (χ2n) is 6.39. The molecule has 2 aliphatic heterocycles. The van der Waals surface area contributed by atoms with Crippen LogP contribution in [-0.2, 0) is 19.2 Å². The van der Waals surface area contributed by atoms with Gasteiger partial charge in [-0.2, -0.15) is 0 Å². The Labute approximate surface area is 203 Å². The van der Waals surface area contributed by atoms with E-state index in [0.29, 0.717) is 11.3 Å². The van der Waals surface area contributed by atoms with Crippen molar-refractivity contribution < 1.29 is 24.3 Å². The molecule has 0 unspecified atom stereocenters. The lowest BCUT2D eigenvalue weighted by Crippen LogP contribution is -2.71. The third-order valence-corrected chi connectivity index (χ3v) is 8.00. The first kappa shape index (κ1) is 23.2. The van der Waals surface area contributed by atoms with E-state index in [4.69, 9.17) is 10.6 Å². The first-order valence-electron chi connectivity index (χ1n) is 9.05. The van der Waals surface area contributed by atoms with Crippen LogP contribution in [-0.4, -0.2) is 72.4 Å². The van der Waals surface area contributed by atoms with Gasteiger partial charge in [-0.3, -0.25) is 14.5 Å². The van der Waals surface area contributed by atoms with E-state index in [2.05, 4.69) is 25.0 Å². The van der Waals surface area contributed by atoms with Crippen LogP contribution >= 0.6 is 46.4 Å². The number of β-lactam (4-membered cyclic amide) rings is 1. The number of nitrogens with zero attached hydrogens (tertiary/aromatic N) is 5. The first-order chi connectivity index (χ1) is 15.9. The average molecular weight is 526 g/mol. The number of carboxylic acid groups (broad SMARTS) is 1. The Kier molecular flexibility index (Phi) is 6.96. The summed E-state index contributed by atoms with van der Waals surface area (Å²) >= 11 is 5.05. The zero-order chi connectivity index (χ0) is 23.5. The minimum atomic E-state index is -1.22. The average Bonchev–Trinajstić information content (AvgIpc) is 3.46. The molecule has 2 aliphatic rings. The van der Waals surface area contributed by atoms with Gasteiger partial charge in [0.25, 0.3) is 11.8 Å². The number of aliphatic carboxylic acids is 1. The number of allylic oxidation sites excluding steroid dienone is 1. The van der Waals surface area contributed by atoms with Crippen molar-refractivity contribution in [2.45, 2.75) is 15.6 Å². The number of oxime groups is 1. The SMILES string of the molecule is CON=C(C(=O)N[C@@H]1C(=O)N2C(C(=O)O)=C(/C=C\Sc3cnns3)CS[C@H]12)c1csc(N)n1. The van der Waals surface area contributed by atoms with Gasteiger partial charge in [-0.25, -0.2) is 9.78 Å². The Morgan fingerprint density at radius 1 is 1.48 bits per heavy atom. The zero-order valence-electron chi connectivity index (χ0n) is 16.7. The molecule has 4 rings (SSSR count). The van der Waals surface area contributed by atoms with Crippen molar-refractivity contribution in [2.24, 2.45) is 5.16 Å². The van der Waals surface area contributed by atoms with Crippen LogP contribution in [0.25, 0.3) is 0 Å². The van der Waals surface area contributed by atoms with Crippen LogP contribution in [0.2, 0.25) is 0 Å². The van der Waals surface area contributed by atoms with Gasteiger partial charge in [0.15, 0.2) is 10.8 Å². The van der Waals surface area contributed by atoms with E-state index in [1.165, 1.54) is 47.1 Å². The molecule has 0 saturated carbocycles. The Bertz CT molecular complexity index is 1180. The highest BCUT2D eigenvalue weighted by Gasteiger charge is 2.54. The molecule has 12 nitrogen and oxygen atoms in total. The van der Waals surface area contributed by atoms with Gasteiger partial charge < -0.3 is 21.0 Å². The standard InChI is InChI=1S/C17H15N7O5S4/c1-29-22-10(8-6-32-17(18)20-8)13(25)21-11-14(26)24-12(16(27)28)7(5-31-15(11)24)2-3-30-9-4-19-23-33-9/h2-4,6,11,15H,5H2,1H3,(H2,18,20)(H,21,25)(H,27,28)/b3-2-,22-10?/t11-,15-/m1/s1. The Balaban J connectivity index is 1.49. The maximum Gasteiger partial charge on any atom is 0.352 e. The summed E-state index contributed by atoms with van der Waals surface area (Å²) < 4.78 is 4.61. The number of nitrogens with one attached hydrogen (secondary N) is 1. The first-order valence-corrected chi connectivity index (χ1v) is 12.6. The van der Waals surface area contributed by atoms with Crippen molar-refractivity contribution in [3.63, 3.8) is 0 Å². The Hall–Kier alpha value is -2.95. The summed E-state index contributed by atoms with van der Waals surface area (Å²) in [7, 11) is 1.28. The van der Waals surface area contributed by atoms with Crippen molar-refractivity contribution in [3.05, 3.63) is 40.0 Å². The molecule has 0 bridgehead atoms.